The summed E-state index contributed by atoms with van der Waals surface area (Å²) in [6, 6.07) is 3.69. The Hall–Kier alpha value is -1.09. The molecule has 0 fully saturated rings. The van der Waals surface area contributed by atoms with E-state index in [2.05, 4.69) is 6.07 Å². The molecule has 1 rings (SSSR count). The first-order valence-corrected chi connectivity index (χ1v) is 8.44. The molecule has 150 valence electrons. The molecule has 0 unspecified atom stereocenters. The summed E-state index contributed by atoms with van der Waals surface area (Å²) in [6.07, 6.45) is 1.00. The van der Waals surface area contributed by atoms with Crippen LogP contribution in [0.25, 0.3) is 0 Å². The third-order valence-corrected chi connectivity index (χ3v) is 3.25. The van der Waals surface area contributed by atoms with Crippen molar-refractivity contribution in [1.29, 1.82) is 0 Å². The number of carbonyl (C=O) groups is 2. The van der Waals surface area contributed by atoms with Crippen molar-refractivity contribution >= 4 is 22.1 Å². The number of hydrogen-bond acceptors (Lipinski definition) is 8. The maximum absolute atomic E-state index is 10.9. The van der Waals surface area contributed by atoms with Gasteiger partial charge in [-0.05, 0) is 24.0 Å². The number of rotatable bonds is 7. The second-order valence-corrected chi connectivity index (χ2v) is 5.66. The van der Waals surface area contributed by atoms with Crippen molar-refractivity contribution in [3.05, 3.63) is 29.3 Å². The minimum absolute atomic E-state index is 0. The van der Waals surface area contributed by atoms with Gasteiger partial charge in [0.1, 0.15) is 0 Å². The predicted octanol–water partition coefficient (Wildman–Crippen LogP) is -4.14. The molecule has 0 aromatic heterocycles. The Kier molecular flexibility index (Phi) is 19.3. The summed E-state index contributed by atoms with van der Waals surface area (Å²) in [7, 11) is -4.94. The van der Waals surface area contributed by atoms with Crippen LogP contribution in [0.5, 0.6) is 0 Å². The Labute approximate surface area is 177 Å². The van der Waals surface area contributed by atoms with Crippen LogP contribution in [-0.2, 0) is 10.1 Å². The molecular formula is C14H21NaO11S. The van der Waals surface area contributed by atoms with Crippen molar-refractivity contribution in [1.82, 2.24) is 0 Å². The Bertz CT molecular complexity index is 619. The van der Waals surface area contributed by atoms with Crippen LogP contribution < -0.4 is 29.6 Å². The predicted molar refractivity (Wildman–Crippen MR) is 86.6 cm³/mol. The number of aliphatic hydroxyl groups excluding tert-OH is 4. The van der Waals surface area contributed by atoms with E-state index in [4.69, 9.17) is 35.2 Å². The van der Waals surface area contributed by atoms with E-state index < -0.39 is 38.1 Å². The van der Waals surface area contributed by atoms with Crippen LogP contribution >= 0.6 is 0 Å². The van der Waals surface area contributed by atoms with E-state index in [0.29, 0.717) is 12.8 Å². The van der Waals surface area contributed by atoms with Crippen LogP contribution in [0.15, 0.2) is 17.0 Å². The van der Waals surface area contributed by atoms with Gasteiger partial charge in [-0.15, -0.1) is 0 Å². The van der Waals surface area contributed by atoms with E-state index in [1.54, 1.807) is 0 Å². The molecule has 0 radical (unpaired) electrons. The molecule has 0 saturated heterocycles. The first kappa shape index (κ1) is 30.6. The summed E-state index contributed by atoms with van der Waals surface area (Å²) in [4.78, 5) is 20.2. The smallest absolute Gasteiger partial charge is 0.487 e. The zero-order chi connectivity index (χ0) is 20.8. The van der Waals surface area contributed by atoms with E-state index in [-0.39, 0.29) is 56.0 Å². The van der Waals surface area contributed by atoms with Crippen LogP contribution in [0.1, 0.15) is 33.6 Å². The Balaban J connectivity index is -0.000000436. The summed E-state index contributed by atoms with van der Waals surface area (Å²) < 4.78 is 30.6. The van der Waals surface area contributed by atoms with E-state index in [0.717, 1.165) is 12.1 Å². The van der Waals surface area contributed by atoms with Crippen molar-refractivity contribution in [2.24, 2.45) is 0 Å². The van der Waals surface area contributed by atoms with Gasteiger partial charge in [-0.3, -0.25) is 14.1 Å². The van der Waals surface area contributed by atoms with E-state index in [1.165, 1.54) is 0 Å². The fraction of sp³-hybridized carbons (Fsp3) is 0.429. The normalized spacial score (nSPS) is 9.67. The molecule has 27 heavy (non-hydrogen) atoms. The van der Waals surface area contributed by atoms with Crippen molar-refractivity contribution in [2.75, 3.05) is 26.4 Å². The summed E-state index contributed by atoms with van der Waals surface area (Å²) in [5.41, 5.74) is -1.69. The zero-order valence-corrected chi connectivity index (χ0v) is 17.4. The number of carboxylic acid groups (broad SMARTS) is 2. The zero-order valence-electron chi connectivity index (χ0n) is 14.6. The van der Waals surface area contributed by atoms with Gasteiger partial charge in [0, 0.05) is 31.3 Å². The van der Waals surface area contributed by atoms with E-state index >= 15 is 0 Å². The topological polar surface area (TPSA) is 210 Å². The third kappa shape index (κ3) is 13.7. The maximum Gasteiger partial charge on any atom is 1.00 e. The standard InChI is InChI=1S/C8H5O7S.2C3H8O2.Na/c9-7(10)4-2-1-3-5(8(11)12)6(4)16(13,14)15;2*4-2-1-3-5;/h2-3H,(H,9,10)(H,11,12)(H,13,14,15);2*4-5H,1-3H2;/q-1;;;+1. The first-order chi connectivity index (χ1) is 12.1. The molecule has 0 saturated carbocycles. The van der Waals surface area contributed by atoms with Crippen molar-refractivity contribution < 1.29 is 82.8 Å². The number of carboxylic acids is 2. The number of aliphatic hydroxyl groups is 4. The molecule has 0 aliphatic carbocycles. The number of aromatic carboxylic acids is 2. The molecule has 0 amide bonds. The molecule has 1 aromatic rings. The molecule has 0 bridgehead atoms. The average molecular weight is 420 g/mol. The molecule has 0 atom stereocenters. The van der Waals surface area contributed by atoms with Gasteiger partial charge < -0.3 is 30.6 Å². The fourth-order valence-corrected chi connectivity index (χ4v) is 2.07. The Morgan fingerprint density at radius 2 is 1.11 bits per heavy atom. The van der Waals surface area contributed by atoms with Crippen LogP contribution in [0.3, 0.4) is 0 Å². The van der Waals surface area contributed by atoms with Crippen molar-refractivity contribution in [3.8, 4) is 0 Å². The van der Waals surface area contributed by atoms with Gasteiger partial charge in [-0.1, -0.05) is 0 Å². The van der Waals surface area contributed by atoms with Crippen LogP contribution in [0, 0.1) is 6.07 Å². The van der Waals surface area contributed by atoms with Gasteiger partial charge in [0.15, 0.2) is 0 Å². The summed E-state index contributed by atoms with van der Waals surface area (Å²) >= 11 is 0. The summed E-state index contributed by atoms with van der Waals surface area (Å²) in [5.74, 6) is -3.35. The molecule has 7 N–H and O–H groups in total. The Morgan fingerprint density at radius 3 is 1.26 bits per heavy atom. The average Bonchev–Trinajstić information content (AvgIpc) is 2.56. The fourth-order valence-electron chi connectivity index (χ4n) is 1.22. The van der Waals surface area contributed by atoms with Crippen molar-refractivity contribution in [2.45, 2.75) is 17.7 Å². The second kappa shape index (κ2) is 17.0. The summed E-state index contributed by atoms with van der Waals surface area (Å²) in [6.45, 7) is 0.375. The van der Waals surface area contributed by atoms with Gasteiger partial charge >= 0.3 is 29.6 Å². The number of hydrogen-bond donors (Lipinski definition) is 7. The van der Waals surface area contributed by atoms with Gasteiger partial charge in [-0.25, -0.2) is 0 Å². The quantitative estimate of drug-likeness (QED) is 0.128. The van der Waals surface area contributed by atoms with Crippen molar-refractivity contribution in [3.63, 3.8) is 0 Å². The van der Waals surface area contributed by atoms with Crippen LogP contribution in [0.4, 0.5) is 0 Å². The number of benzene rings is 1. The minimum atomic E-state index is -4.94. The first-order valence-electron chi connectivity index (χ1n) is 7.00. The molecule has 0 spiro atoms. The molecule has 0 aliphatic heterocycles. The molecular weight excluding hydrogens is 399 g/mol. The summed E-state index contributed by atoms with van der Waals surface area (Å²) in [5, 5.41) is 48.9. The molecule has 0 heterocycles. The molecule has 1 aromatic carbocycles. The maximum atomic E-state index is 10.9. The second-order valence-electron chi connectivity index (χ2n) is 4.30. The van der Waals surface area contributed by atoms with Gasteiger partial charge in [-0.2, -0.15) is 26.6 Å². The SMILES string of the molecule is O=C(O)c1c[c-]cc(C(=O)O)c1S(=O)(=O)O.OCCCO.OCCCO.[Na+]. The minimum Gasteiger partial charge on any atom is -0.487 e. The van der Waals surface area contributed by atoms with E-state index in [1.807, 2.05) is 0 Å². The van der Waals surface area contributed by atoms with Crippen LogP contribution in [0.2, 0.25) is 0 Å². The third-order valence-electron chi connectivity index (χ3n) is 2.30. The van der Waals surface area contributed by atoms with E-state index in [9.17, 15) is 18.0 Å². The monoisotopic (exact) mass is 420 g/mol. The van der Waals surface area contributed by atoms with Gasteiger partial charge in [0.05, 0.1) is 0 Å². The Morgan fingerprint density at radius 1 is 0.815 bits per heavy atom. The van der Waals surface area contributed by atoms with Gasteiger partial charge in [0.2, 0.25) is 0 Å². The van der Waals surface area contributed by atoms with Crippen LogP contribution in [-0.4, -0.2) is 82.0 Å². The molecule has 13 heteroatoms. The molecule has 11 nitrogen and oxygen atoms in total. The molecule has 0 aliphatic rings. The van der Waals surface area contributed by atoms with Gasteiger partial charge in [0.25, 0.3) is 22.1 Å². The largest absolute Gasteiger partial charge is 1.00 e.